The number of hydrogen-bond acceptors (Lipinski definition) is 5. The normalized spacial score (nSPS) is 11.7. The zero-order valence-corrected chi connectivity index (χ0v) is 16.2. The maximum absolute atomic E-state index is 10.6. The third-order valence-corrected chi connectivity index (χ3v) is 2.59. The van der Waals surface area contributed by atoms with Crippen LogP contribution in [0.4, 0.5) is 0 Å². The van der Waals surface area contributed by atoms with Crippen LogP contribution in [0.1, 0.15) is 0 Å². The Bertz CT molecular complexity index is 376. The fourth-order valence-electron chi connectivity index (χ4n) is 0.609. The van der Waals surface area contributed by atoms with Crippen molar-refractivity contribution in [1.82, 2.24) is 10.6 Å². The van der Waals surface area contributed by atoms with Crippen LogP contribution in [0.2, 0.25) is 0 Å². The van der Waals surface area contributed by atoms with Crippen LogP contribution in [-0.2, 0) is 14.2 Å². The third-order valence-electron chi connectivity index (χ3n) is 1.29. The predicted octanol–water partition coefficient (Wildman–Crippen LogP) is -2.12. The Labute approximate surface area is 139 Å². The van der Waals surface area contributed by atoms with Crippen molar-refractivity contribution in [3.8, 4) is 0 Å². The highest BCUT2D eigenvalue weighted by Gasteiger charge is 2.29. The molecule has 0 aliphatic rings. The first-order chi connectivity index (χ1) is 9.93. The molecule has 23 heavy (non-hydrogen) atoms. The van der Waals surface area contributed by atoms with Gasteiger partial charge in [0, 0.05) is 0 Å². The fourth-order valence-corrected chi connectivity index (χ4v) is 1.25. The Morgan fingerprint density at radius 1 is 0.870 bits per heavy atom. The lowest BCUT2D eigenvalue weighted by Gasteiger charge is -2.46. The smallest absolute Gasteiger partial charge is 0.209 e. The first-order valence-electron chi connectivity index (χ1n) is 6.59. The van der Waals surface area contributed by atoms with Gasteiger partial charge < -0.3 is 34.0 Å². The van der Waals surface area contributed by atoms with Gasteiger partial charge >= 0.3 is 0 Å². The van der Waals surface area contributed by atoms with E-state index in [1.54, 1.807) is 10.6 Å². The second-order valence-corrected chi connectivity index (χ2v) is 9.06. The molecule has 0 rings (SSSR count). The van der Waals surface area contributed by atoms with E-state index in [0.29, 0.717) is 6.08 Å². The van der Waals surface area contributed by atoms with Crippen molar-refractivity contribution in [3.05, 3.63) is 12.7 Å². The van der Waals surface area contributed by atoms with Crippen molar-refractivity contribution in [3.63, 3.8) is 0 Å². The molecule has 10 heteroatoms. The lowest BCUT2D eigenvalue weighted by Crippen LogP contribution is -2.58. The van der Waals surface area contributed by atoms with E-state index in [9.17, 15) is 23.9 Å². The minimum absolute atomic E-state index is 0.0272. The molecule has 0 fully saturated rings. The molecular formula is C13H31N4O5P. The summed E-state index contributed by atoms with van der Waals surface area (Å²) >= 11 is 0. The Balaban J connectivity index is -0.000000329. The van der Waals surface area contributed by atoms with Crippen molar-refractivity contribution in [2.24, 2.45) is 0 Å². The van der Waals surface area contributed by atoms with Gasteiger partial charge in [-0.25, -0.2) is 0 Å². The molecule has 0 aliphatic heterocycles. The Morgan fingerprint density at radius 3 is 1.17 bits per heavy atom. The van der Waals surface area contributed by atoms with Gasteiger partial charge in [0.2, 0.25) is 12.8 Å². The second kappa shape index (κ2) is 10.5. The summed E-state index contributed by atoms with van der Waals surface area (Å²) in [4.78, 5) is 41.2. The van der Waals surface area contributed by atoms with Crippen LogP contribution in [0.5, 0.6) is 0 Å². The van der Waals surface area contributed by atoms with Gasteiger partial charge in [-0.3, -0.25) is 9.59 Å². The molecule has 138 valence electrons. The average molecular weight is 354 g/mol. The third kappa shape index (κ3) is 20.8. The van der Waals surface area contributed by atoms with E-state index in [-0.39, 0.29) is 12.8 Å². The molecule has 0 aromatic carbocycles. The molecule has 0 spiro atoms. The van der Waals surface area contributed by atoms with E-state index in [4.69, 9.17) is 0 Å². The summed E-state index contributed by atoms with van der Waals surface area (Å²) in [5, 5.41) is 0.867. The number of nitrogens with one attached hydrogen (secondary N) is 2. The van der Waals surface area contributed by atoms with Crippen molar-refractivity contribution in [2.45, 2.75) is 5.40 Å². The van der Waals surface area contributed by atoms with Crippen molar-refractivity contribution >= 4 is 20.4 Å². The van der Waals surface area contributed by atoms with Crippen LogP contribution in [0.3, 0.4) is 0 Å². The minimum Gasteiger partial charge on any atom is -0.808 e. The number of carbonyl (C=O) groups excluding carboxylic acids is 2. The zero-order chi connectivity index (χ0) is 19.5. The van der Waals surface area contributed by atoms with Gasteiger partial charge in [-0.05, 0) is 13.7 Å². The Morgan fingerprint density at radius 2 is 1.09 bits per heavy atom. The molecule has 0 atom stereocenters. The van der Waals surface area contributed by atoms with Crippen molar-refractivity contribution in [2.75, 3.05) is 56.4 Å². The second-order valence-electron chi connectivity index (χ2n) is 7.36. The van der Waals surface area contributed by atoms with E-state index < -0.39 is 13.0 Å². The monoisotopic (exact) mass is 354 g/mol. The Kier molecular flexibility index (Phi) is 12.2. The summed E-state index contributed by atoms with van der Waals surface area (Å²) in [6, 6.07) is 0. The highest BCUT2D eigenvalue weighted by Crippen LogP contribution is 2.38. The molecule has 0 aliphatic carbocycles. The number of carbonyl (C=O) groups is 2. The molecule has 0 saturated heterocycles. The minimum atomic E-state index is -5.24. The van der Waals surface area contributed by atoms with Gasteiger partial charge in [-0.2, -0.15) is 0 Å². The highest BCUT2D eigenvalue weighted by molar-refractivity contribution is 7.50. The molecule has 2 N–H and O–H groups in total. The molecule has 0 unspecified atom stereocenters. The summed E-state index contributed by atoms with van der Waals surface area (Å²) in [7, 11) is 11.8. The lowest BCUT2D eigenvalue weighted by atomic mass is 10.5. The van der Waals surface area contributed by atoms with Crippen LogP contribution in [-0.4, -0.2) is 83.6 Å². The summed E-state index contributed by atoms with van der Waals surface area (Å²) in [5.41, 5.74) is 0. The molecule has 0 heterocycles. The topological polar surface area (TPSA) is 121 Å². The quantitative estimate of drug-likeness (QED) is 0.186. The van der Waals surface area contributed by atoms with E-state index in [2.05, 4.69) is 63.0 Å². The van der Waals surface area contributed by atoms with E-state index in [1.807, 2.05) is 0 Å². The largest absolute Gasteiger partial charge is 0.808 e. The molecule has 0 bridgehead atoms. The van der Waals surface area contributed by atoms with Gasteiger partial charge in [0.25, 0.3) is 0 Å². The maximum atomic E-state index is 10.6. The van der Waals surface area contributed by atoms with Gasteiger partial charge in [0.05, 0.1) is 56.4 Å². The molecule has 0 aromatic heterocycles. The van der Waals surface area contributed by atoms with E-state index in [1.165, 1.54) is 0 Å². The standard InChI is InChI=1S/C5H9N2O5P.2C4H12N/c1-2-5(6-3-8,7-4-9)13(10,11)12;2*1-5(2,3)4/h2-4H,1H2,(H,6,8)(H,7,9)(H2,10,11,12);2*1-4H3/q;2*+1/p-2. The molecule has 0 saturated carbocycles. The molecule has 0 radical (unpaired) electrons. The van der Waals surface area contributed by atoms with E-state index in [0.717, 1.165) is 8.97 Å². The fraction of sp³-hybridized carbons (Fsp3) is 0.692. The molecular weight excluding hydrogens is 323 g/mol. The van der Waals surface area contributed by atoms with Gasteiger partial charge in [0.15, 0.2) is 5.40 Å². The predicted molar refractivity (Wildman–Crippen MR) is 86.8 cm³/mol. The molecule has 9 nitrogen and oxygen atoms in total. The van der Waals surface area contributed by atoms with Crippen LogP contribution < -0.4 is 20.4 Å². The first-order valence-corrected chi connectivity index (χ1v) is 8.14. The number of hydrogen-bond donors (Lipinski definition) is 2. The average Bonchev–Trinajstić information content (AvgIpc) is 2.22. The van der Waals surface area contributed by atoms with E-state index >= 15 is 0 Å². The number of rotatable bonds is 6. The Hall–Kier alpha value is -1.25. The van der Waals surface area contributed by atoms with Gasteiger partial charge in [0.1, 0.15) is 0 Å². The van der Waals surface area contributed by atoms with Crippen molar-refractivity contribution in [1.29, 1.82) is 0 Å². The van der Waals surface area contributed by atoms with Crippen LogP contribution in [0, 0.1) is 0 Å². The molecule has 0 aromatic rings. The number of nitrogens with zero attached hydrogens (tertiary/aromatic N) is 2. The maximum Gasteiger partial charge on any atom is 0.209 e. The van der Waals surface area contributed by atoms with Crippen LogP contribution in [0.25, 0.3) is 0 Å². The van der Waals surface area contributed by atoms with Crippen molar-refractivity contribution < 1.29 is 32.9 Å². The van der Waals surface area contributed by atoms with Gasteiger partial charge in [-0.1, -0.05) is 6.58 Å². The summed E-state index contributed by atoms with van der Waals surface area (Å²) in [5.74, 6) is 0. The van der Waals surface area contributed by atoms with Gasteiger partial charge in [-0.15, -0.1) is 0 Å². The zero-order valence-electron chi connectivity index (χ0n) is 15.3. The first kappa shape index (κ1) is 26.6. The SMILES string of the molecule is C=CC(NC=O)(NC=O)P(=O)([O-])[O-].C[N+](C)(C)C.C[N+](C)(C)C. The lowest BCUT2D eigenvalue weighted by molar-refractivity contribution is -0.849. The van der Waals surface area contributed by atoms with Crippen LogP contribution in [0.15, 0.2) is 12.7 Å². The highest BCUT2D eigenvalue weighted by atomic mass is 31.2. The summed E-state index contributed by atoms with van der Waals surface area (Å²) < 4.78 is 12.6. The summed E-state index contributed by atoms with van der Waals surface area (Å²) in [6.45, 7) is 3.02. The number of amides is 2. The van der Waals surface area contributed by atoms with Crippen LogP contribution >= 0.6 is 7.60 Å². The number of quaternary nitrogens is 2. The summed E-state index contributed by atoms with van der Waals surface area (Å²) in [6.07, 6.45) is 0.567. The molecule has 2 amide bonds.